The molecule has 2 rings (SSSR count). The monoisotopic (exact) mass is 283 g/mol. The number of hydrogen-bond acceptors (Lipinski definition) is 3. The van der Waals surface area contributed by atoms with Crippen molar-refractivity contribution in [1.29, 1.82) is 0 Å². The standard InChI is InChI=1S/C15H22ClNO2/c1-11(2)19-15-6-5-12(8-14(15)16)9-17-10-13-4-3-7-18-13/h5-6,8,11,13,17H,3-4,7,9-10H2,1-2H3/t13-/m1/s1. The molecule has 0 radical (unpaired) electrons. The molecule has 1 fully saturated rings. The van der Waals surface area contributed by atoms with Gasteiger partial charge in [0.15, 0.2) is 0 Å². The molecule has 1 saturated heterocycles. The van der Waals surface area contributed by atoms with Crippen molar-refractivity contribution < 1.29 is 9.47 Å². The number of nitrogens with one attached hydrogen (secondary N) is 1. The van der Waals surface area contributed by atoms with Crippen LogP contribution in [0.3, 0.4) is 0 Å². The van der Waals surface area contributed by atoms with Crippen molar-refractivity contribution >= 4 is 11.6 Å². The minimum atomic E-state index is 0.140. The van der Waals surface area contributed by atoms with Crippen molar-refractivity contribution in [3.05, 3.63) is 28.8 Å². The first-order valence-corrected chi connectivity index (χ1v) is 7.30. The van der Waals surface area contributed by atoms with Crippen LogP contribution in [0.1, 0.15) is 32.3 Å². The normalized spacial score (nSPS) is 19.1. The molecule has 1 atom stereocenters. The summed E-state index contributed by atoms with van der Waals surface area (Å²) < 4.78 is 11.2. The van der Waals surface area contributed by atoms with Gasteiger partial charge in [0, 0.05) is 19.7 Å². The molecule has 0 amide bonds. The zero-order chi connectivity index (χ0) is 13.7. The quantitative estimate of drug-likeness (QED) is 0.868. The van der Waals surface area contributed by atoms with E-state index < -0.39 is 0 Å². The summed E-state index contributed by atoms with van der Waals surface area (Å²) >= 11 is 6.20. The predicted molar refractivity (Wildman–Crippen MR) is 77.9 cm³/mol. The van der Waals surface area contributed by atoms with Crippen LogP contribution in [0.4, 0.5) is 0 Å². The summed E-state index contributed by atoms with van der Waals surface area (Å²) in [6.45, 7) is 6.60. The Bertz CT molecular complexity index is 403. The fourth-order valence-corrected chi connectivity index (χ4v) is 2.43. The van der Waals surface area contributed by atoms with E-state index in [0.717, 1.165) is 31.9 Å². The Hall–Kier alpha value is -0.770. The summed E-state index contributed by atoms with van der Waals surface area (Å²) in [7, 11) is 0. The summed E-state index contributed by atoms with van der Waals surface area (Å²) in [6.07, 6.45) is 2.86. The summed E-state index contributed by atoms with van der Waals surface area (Å²) in [5.41, 5.74) is 1.17. The van der Waals surface area contributed by atoms with Gasteiger partial charge in [-0.2, -0.15) is 0 Å². The van der Waals surface area contributed by atoms with Crippen LogP contribution in [-0.4, -0.2) is 25.4 Å². The molecule has 0 bridgehead atoms. The van der Waals surface area contributed by atoms with Gasteiger partial charge in [-0.1, -0.05) is 17.7 Å². The second kappa shape index (κ2) is 7.13. The van der Waals surface area contributed by atoms with Gasteiger partial charge in [-0.15, -0.1) is 0 Å². The topological polar surface area (TPSA) is 30.5 Å². The van der Waals surface area contributed by atoms with Crippen molar-refractivity contribution in [2.24, 2.45) is 0 Å². The maximum absolute atomic E-state index is 6.20. The lowest BCUT2D eigenvalue weighted by Crippen LogP contribution is -2.25. The molecule has 1 aliphatic heterocycles. The summed E-state index contributed by atoms with van der Waals surface area (Å²) in [5, 5.41) is 4.08. The van der Waals surface area contributed by atoms with Gasteiger partial charge in [-0.3, -0.25) is 0 Å². The molecule has 0 aliphatic carbocycles. The highest BCUT2D eigenvalue weighted by Gasteiger charge is 2.14. The lowest BCUT2D eigenvalue weighted by molar-refractivity contribution is 0.110. The SMILES string of the molecule is CC(C)Oc1ccc(CNC[C@H]2CCCO2)cc1Cl. The predicted octanol–water partition coefficient (Wildman–Crippen LogP) is 3.40. The maximum Gasteiger partial charge on any atom is 0.138 e. The lowest BCUT2D eigenvalue weighted by Gasteiger charge is -2.13. The molecule has 0 spiro atoms. The van der Waals surface area contributed by atoms with Crippen molar-refractivity contribution in [3.63, 3.8) is 0 Å². The molecular weight excluding hydrogens is 262 g/mol. The minimum Gasteiger partial charge on any atom is -0.489 e. The van der Waals surface area contributed by atoms with Gasteiger partial charge in [-0.25, -0.2) is 0 Å². The van der Waals surface area contributed by atoms with E-state index in [-0.39, 0.29) is 6.10 Å². The maximum atomic E-state index is 6.20. The van der Waals surface area contributed by atoms with Crippen LogP contribution in [0.2, 0.25) is 5.02 Å². The van der Waals surface area contributed by atoms with E-state index in [1.54, 1.807) is 0 Å². The molecule has 3 nitrogen and oxygen atoms in total. The molecule has 1 aromatic carbocycles. The van der Waals surface area contributed by atoms with E-state index in [9.17, 15) is 0 Å². The van der Waals surface area contributed by atoms with Crippen molar-refractivity contribution in [2.75, 3.05) is 13.2 Å². The van der Waals surface area contributed by atoms with Crippen LogP contribution in [-0.2, 0) is 11.3 Å². The Morgan fingerprint density at radius 3 is 2.95 bits per heavy atom. The Balaban J connectivity index is 1.81. The van der Waals surface area contributed by atoms with Gasteiger partial charge in [0.05, 0.1) is 17.2 Å². The Morgan fingerprint density at radius 2 is 2.32 bits per heavy atom. The number of halogens is 1. The average molecular weight is 284 g/mol. The van der Waals surface area contributed by atoms with Crippen molar-refractivity contribution in [1.82, 2.24) is 5.32 Å². The van der Waals surface area contributed by atoms with E-state index in [0.29, 0.717) is 11.1 Å². The summed E-state index contributed by atoms with van der Waals surface area (Å²) in [4.78, 5) is 0. The van der Waals surface area contributed by atoms with Crippen molar-refractivity contribution in [3.8, 4) is 5.75 Å². The Labute approximate surface area is 120 Å². The second-order valence-electron chi connectivity index (χ2n) is 5.20. The molecule has 0 aromatic heterocycles. The van der Waals surface area contributed by atoms with E-state index in [4.69, 9.17) is 21.1 Å². The fourth-order valence-electron chi connectivity index (χ4n) is 2.19. The summed E-state index contributed by atoms with van der Waals surface area (Å²) in [6, 6.07) is 5.94. The van der Waals surface area contributed by atoms with E-state index in [1.807, 2.05) is 32.0 Å². The number of benzene rings is 1. The smallest absolute Gasteiger partial charge is 0.138 e. The number of hydrogen-bond donors (Lipinski definition) is 1. The highest BCUT2D eigenvalue weighted by Crippen LogP contribution is 2.26. The first kappa shape index (κ1) is 14.6. The molecule has 106 valence electrons. The minimum absolute atomic E-state index is 0.140. The van der Waals surface area contributed by atoms with E-state index >= 15 is 0 Å². The summed E-state index contributed by atoms with van der Waals surface area (Å²) in [5.74, 6) is 0.750. The zero-order valence-corrected chi connectivity index (χ0v) is 12.4. The van der Waals surface area contributed by atoms with Crippen LogP contribution in [0.5, 0.6) is 5.75 Å². The lowest BCUT2D eigenvalue weighted by atomic mass is 10.2. The van der Waals surface area contributed by atoms with Gasteiger partial charge in [0.25, 0.3) is 0 Å². The molecule has 1 aliphatic rings. The molecule has 1 N–H and O–H groups in total. The largest absolute Gasteiger partial charge is 0.489 e. The average Bonchev–Trinajstić information content (AvgIpc) is 2.85. The third-order valence-electron chi connectivity index (χ3n) is 3.08. The molecular formula is C15H22ClNO2. The first-order chi connectivity index (χ1) is 9.15. The Kier molecular flexibility index (Phi) is 5.49. The van der Waals surface area contributed by atoms with Crippen LogP contribution < -0.4 is 10.1 Å². The first-order valence-electron chi connectivity index (χ1n) is 6.92. The highest BCUT2D eigenvalue weighted by atomic mass is 35.5. The molecule has 0 unspecified atom stereocenters. The highest BCUT2D eigenvalue weighted by molar-refractivity contribution is 6.32. The number of ether oxygens (including phenoxy) is 2. The Morgan fingerprint density at radius 1 is 1.47 bits per heavy atom. The fraction of sp³-hybridized carbons (Fsp3) is 0.600. The van der Waals surface area contributed by atoms with Gasteiger partial charge < -0.3 is 14.8 Å². The van der Waals surface area contributed by atoms with Gasteiger partial charge >= 0.3 is 0 Å². The molecule has 1 heterocycles. The van der Waals surface area contributed by atoms with Crippen LogP contribution in [0.15, 0.2) is 18.2 Å². The molecule has 19 heavy (non-hydrogen) atoms. The third kappa shape index (κ3) is 4.68. The third-order valence-corrected chi connectivity index (χ3v) is 3.38. The second-order valence-corrected chi connectivity index (χ2v) is 5.60. The van der Waals surface area contributed by atoms with E-state index in [2.05, 4.69) is 5.32 Å². The van der Waals surface area contributed by atoms with Crippen molar-refractivity contribution in [2.45, 2.75) is 45.4 Å². The molecule has 0 saturated carbocycles. The zero-order valence-electron chi connectivity index (χ0n) is 11.6. The van der Waals surface area contributed by atoms with Crippen LogP contribution in [0, 0.1) is 0 Å². The van der Waals surface area contributed by atoms with Gasteiger partial charge in [0.2, 0.25) is 0 Å². The van der Waals surface area contributed by atoms with E-state index in [1.165, 1.54) is 12.0 Å². The molecule has 1 aromatic rings. The van der Waals surface area contributed by atoms with Gasteiger partial charge in [-0.05, 0) is 44.4 Å². The van der Waals surface area contributed by atoms with Crippen LogP contribution >= 0.6 is 11.6 Å². The molecule has 4 heteroatoms. The van der Waals surface area contributed by atoms with Crippen LogP contribution in [0.25, 0.3) is 0 Å². The van der Waals surface area contributed by atoms with Gasteiger partial charge in [0.1, 0.15) is 5.75 Å². The number of rotatable bonds is 6.